The summed E-state index contributed by atoms with van der Waals surface area (Å²) in [6, 6.07) is 14.3. The Labute approximate surface area is 166 Å². The highest BCUT2D eigenvalue weighted by Gasteiger charge is 2.16. The molecule has 4 rings (SSSR count). The normalized spacial score (nSPS) is 17.6. The van der Waals surface area contributed by atoms with Crippen LogP contribution in [0.15, 0.2) is 53.5 Å². The zero-order valence-corrected chi connectivity index (χ0v) is 16.4. The Morgan fingerprint density at radius 2 is 1.89 bits per heavy atom. The summed E-state index contributed by atoms with van der Waals surface area (Å²) < 4.78 is 6.12. The summed E-state index contributed by atoms with van der Waals surface area (Å²) in [5, 5.41) is 0.761. The third kappa shape index (κ3) is 4.62. The first-order chi connectivity index (χ1) is 13.3. The lowest BCUT2D eigenvalue weighted by Crippen LogP contribution is -2.16. The van der Waals surface area contributed by atoms with Gasteiger partial charge in [-0.05, 0) is 66.6 Å². The average Bonchev–Trinajstić information content (AvgIpc) is 2.72. The van der Waals surface area contributed by atoms with E-state index in [1.807, 2.05) is 30.3 Å². The first-order valence-electron chi connectivity index (χ1n) is 10.0. The van der Waals surface area contributed by atoms with Crippen molar-refractivity contribution in [3.05, 3.63) is 70.3 Å². The van der Waals surface area contributed by atoms with Crippen molar-refractivity contribution >= 4 is 23.4 Å². The Balaban J connectivity index is 1.46. The summed E-state index contributed by atoms with van der Waals surface area (Å²) in [7, 11) is 0. The lowest BCUT2D eigenvalue weighted by Gasteiger charge is -2.22. The van der Waals surface area contributed by atoms with E-state index < -0.39 is 0 Å². The van der Waals surface area contributed by atoms with Gasteiger partial charge in [-0.25, -0.2) is 0 Å². The smallest absolute Gasteiger partial charge is 0.119 e. The predicted octanol–water partition coefficient (Wildman–Crippen LogP) is 6.36. The maximum Gasteiger partial charge on any atom is 0.119 e. The summed E-state index contributed by atoms with van der Waals surface area (Å²) >= 11 is 6.25. The number of hydrogen-bond acceptors (Lipinski definition) is 2. The quantitative estimate of drug-likeness (QED) is 0.592. The van der Waals surface area contributed by atoms with E-state index in [-0.39, 0.29) is 0 Å². The molecule has 2 aliphatic rings. The molecule has 0 unspecified atom stereocenters. The average molecular weight is 380 g/mol. The number of hydrogen-bond donors (Lipinski definition) is 0. The second-order valence-electron chi connectivity index (χ2n) is 7.51. The van der Waals surface area contributed by atoms with Crippen molar-refractivity contribution in [1.29, 1.82) is 0 Å². The number of halogens is 1. The molecule has 3 heteroatoms. The molecule has 0 amide bonds. The van der Waals surface area contributed by atoms with E-state index in [9.17, 15) is 0 Å². The topological polar surface area (TPSA) is 21.6 Å². The van der Waals surface area contributed by atoms with E-state index in [1.54, 1.807) is 0 Å². The van der Waals surface area contributed by atoms with E-state index in [0.717, 1.165) is 47.5 Å². The van der Waals surface area contributed by atoms with Crippen LogP contribution < -0.4 is 4.74 Å². The Hall–Kier alpha value is -2.06. The van der Waals surface area contributed by atoms with Crippen LogP contribution in [0.5, 0.6) is 5.75 Å². The van der Waals surface area contributed by atoms with Gasteiger partial charge in [0, 0.05) is 17.1 Å². The fourth-order valence-electron chi connectivity index (χ4n) is 3.99. The SMILES string of the molecule is Clc1ccccc1C=CC1=NCCc2cc(OCC3CCCCC3)ccc21. The third-order valence-electron chi connectivity index (χ3n) is 5.55. The van der Waals surface area contributed by atoms with Crippen molar-refractivity contribution in [2.75, 3.05) is 13.2 Å². The van der Waals surface area contributed by atoms with Crippen LogP contribution in [-0.2, 0) is 6.42 Å². The number of benzene rings is 2. The molecule has 1 saturated carbocycles. The molecular formula is C24H26ClNO. The van der Waals surface area contributed by atoms with Gasteiger partial charge in [-0.2, -0.15) is 0 Å². The van der Waals surface area contributed by atoms with Gasteiger partial charge in [0.05, 0.1) is 12.3 Å². The predicted molar refractivity (Wildman–Crippen MR) is 114 cm³/mol. The van der Waals surface area contributed by atoms with E-state index in [0.29, 0.717) is 0 Å². The lowest BCUT2D eigenvalue weighted by atomic mass is 9.90. The number of rotatable bonds is 5. The van der Waals surface area contributed by atoms with Crippen LogP contribution in [0, 0.1) is 5.92 Å². The molecule has 0 aromatic heterocycles. The van der Waals surface area contributed by atoms with Crippen molar-refractivity contribution in [1.82, 2.24) is 0 Å². The summed E-state index contributed by atoms with van der Waals surface area (Å²) in [6.07, 6.45) is 11.8. The molecule has 140 valence electrons. The van der Waals surface area contributed by atoms with Gasteiger partial charge < -0.3 is 4.74 Å². The zero-order valence-electron chi connectivity index (χ0n) is 15.7. The van der Waals surface area contributed by atoms with Crippen molar-refractivity contribution in [3.8, 4) is 5.75 Å². The van der Waals surface area contributed by atoms with Gasteiger partial charge in [0.1, 0.15) is 5.75 Å². The summed E-state index contributed by atoms with van der Waals surface area (Å²) in [6.45, 7) is 1.67. The molecule has 2 aromatic rings. The minimum atomic E-state index is 0.727. The number of fused-ring (bicyclic) bond motifs is 1. The number of nitrogens with zero attached hydrogens (tertiary/aromatic N) is 1. The Morgan fingerprint density at radius 3 is 2.74 bits per heavy atom. The number of allylic oxidation sites excluding steroid dienone is 1. The molecule has 1 aliphatic carbocycles. The third-order valence-corrected chi connectivity index (χ3v) is 5.90. The van der Waals surface area contributed by atoms with Crippen molar-refractivity contribution in [2.24, 2.45) is 10.9 Å². The molecular weight excluding hydrogens is 354 g/mol. The molecule has 2 aromatic carbocycles. The molecule has 0 saturated heterocycles. The highest BCUT2D eigenvalue weighted by molar-refractivity contribution is 6.32. The Bertz CT molecular complexity index is 849. The van der Waals surface area contributed by atoms with E-state index >= 15 is 0 Å². The minimum absolute atomic E-state index is 0.727. The zero-order chi connectivity index (χ0) is 18.5. The van der Waals surface area contributed by atoms with Gasteiger partial charge >= 0.3 is 0 Å². The van der Waals surface area contributed by atoms with Gasteiger partial charge in [0.2, 0.25) is 0 Å². The summed E-state index contributed by atoms with van der Waals surface area (Å²) in [5.74, 6) is 1.72. The van der Waals surface area contributed by atoms with Crippen LogP contribution in [0.3, 0.4) is 0 Å². The van der Waals surface area contributed by atoms with Crippen LogP contribution >= 0.6 is 11.6 Å². The molecule has 0 N–H and O–H groups in total. The lowest BCUT2D eigenvalue weighted by molar-refractivity contribution is 0.208. The van der Waals surface area contributed by atoms with Gasteiger partial charge in [0.15, 0.2) is 0 Å². The molecule has 1 heterocycles. The second-order valence-corrected chi connectivity index (χ2v) is 7.91. The standard InChI is InChI=1S/C24H26ClNO/c25-23-9-5-4-8-19(23)10-13-24-22-12-11-21(16-20(22)14-15-26-24)27-17-18-6-2-1-3-7-18/h4-5,8-13,16,18H,1-3,6-7,14-15,17H2. The van der Waals surface area contributed by atoms with Gasteiger partial charge in [0.25, 0.3) is 0 Å². The summed E-state index contributed by atoms with van der Waals surface area (Å²) in [5.41, 5.74) is 4.57. The van der Waals surface area contributed by atoms with Gasteiger partial charge in [-0.15, -0.1) is 0 Å². The fraction of sp³-hybridized carbons (Fsp3) is 0.375. The number of aliphatic imine (C=N–C) groups is 1. The second kappa shape index (κ2) is 8.75. The first-order valence-corrected chi connectivity index (χ1v) is 10.4. The van der Waals surface area contributed by atoms with Crippen molar-refractivity contribution in [2.45, 2.75) is 38.5 Å². The highest BCUT2D eigenvalue weighted by Crippen LogP contribution is 2.27. The monoisotopic (exact) mass is 379 g/mol. The maximum atomic E-state index is 6.25. The Kier molecular flexibility index (Phi) is 5.94. The molecule has 1 fully saturated rings. The van der Waals surface area contributed by atoms with Crippen LogP contribution in [0.1, 0.15) is 48.8 Å². The highest BCUT2D eigenvalue weighted by atomic mass is 35.5. The molecule has 0 bridgehead atoms. The molecule has 27 heavy (non-hydrogen) atoms. The van der Waals surface area contributed by atoms with E-state index in [4.69, 9.17) is 21.3 Å². The van der Waals surface area contributed by atoms with Crippen LogP contribution in [-0.4, -0.2) is 18.9 Å². The van der Waals surface area contributed by atoms with Crippen molar-refractivity contribution < 1.29 is 4.74 Å². The van der Waals surface area contributed by atoms with Crippen LogP contribution in [0.2, 0.25) is 5.02 Å². The largest absolute Gasteiger partial charge is 0.493 e. The van der Waals surface area contributed by atoms with Gasteiger partial charge in [-0.1, -0.05) is 55.1 Å². The van der Waals surface area contributed by atoms with Crippen LogP contribution in [0.4, 0.5) is 0 Å². The molecule has 2 nitrogen and oxygen atoms in total. The van der Waals surface area contributed by atoms with Gasteiger partial charge in [-0.3, -0.25) is 4.99 Å². The summed E-state index contributed by atoms with van der Waals surface area (Å²) in [4.78, 5) is 4.71. The van der Waals surface area contributed by atoms with E-state index in [1.165, 1.54) is 43.2 Å². The molecule has 0 radical (unpaired) electrons. The maximum absolute atomic E-state index is 6.25. The molecule has 1 aliphatic heterocycles. The molecule has 0 atom stereocenters. The van der Waals surface area contributed by atoms with E-state index in [2.05, 4.69) is 24.3 Å². The Morgan fingerprint density at radius 1 is 1.04 bits per heavy atom. The fourth-order valence-corrected chi connectivity index (χ4v) is 4.19. The van der Waals surface area contributed by atoms with Crippen molar-refractivity contribution in [3.63, 3.8) is 0 Å². The molecule has 0 spiro atoms. The minimum Gasteiger partial charge on any atom is -0.493 e. The number of ether oxygens (including phenoxy) is 1. The first kappa shape index (κ1) is 18.3. The van der Waals surface area contributed by atoms with Crippen LogP contribution in [0.25, 0.3) is 6.08 Å².